The van der Waals surface area contributed by atoms with Crippen LogP contribution in [0.4, 0.5) is 5.69 Å². The number of anilines is 1. The number of quaternary nitrogens is 1. The van der Waals surface area contributed by atoms with Crippen molar-refractivity contribution in [2.24, 2.45) is 0 Å². The maximum absolute atomic E-state index is 11.6. The number of carbonyl (C=O) groups excluding carboxylic acids is 1. The summed E-state index contributed by atoms with van der Waals surface area (Å²) in [4.78, 5) is 11.6. The maximum Gasteiger partial charge on any atom is 0.224 e. The summed E-state index contributed by atoms with van der Waals surface area (Å²) >= 11 is 0. The van der Waals surface area contributed by atoms with Crippen LogP contribution in [0.1, 0.15) is 18.4 Å². The Labute approximate surface area is 124 Å². The van der Waals surface area contributed by atoms with Crippen molar-refractivity contribution in [3.05, 3.63) is 60.2 Å². The Morgan fingerprint density at radius 3 is 2.43 bits per heavy atom. The fourth-order valence-electron chi connectivity index (χ4n) is 1.88. The molecular weight excluding hydrogens is 264 g/mol. The van der Waals surface area contributed by atoms with Gasteiger partial charge in [-0.25, -0.2) is 0 Å². The molecule has 4 heteroatoms. The molecule has 0 bridgehead atoms. The average Bonchev–Trinajstić information content (AvgIpc) is 2.53. The number of carbonyl (C=O) groups is 1. The highest BCUT2D eigenvalue weighted by Gasteiger charge is 2.02. The highest BCUT2D eigenvalue weighted by atomic mass is 16.5. The molecule has 0 aromatic heterocycles. The molecule has 0 fully saturated rings. The van der Waals surface area contributed by atoms with Gasteiger partial charge in [-0.3, -0.25) is 4.79 Å². The molecule has 1 amide bonds. The van der Waals surface area contributed by atoms with Crippen molar-refractivity contribution in [1.82, 2.24) is 0 Å². The molecule has 0 aliphatic heterocycles. The van der Waals surface area contributed by atoms with Crippen molar-refractivity contribution in [3.63, 3.8) is 0 Å². The second-order valence-corrected chi connectivity index (χ2v) is 4.80. The fraction of sp³-hybridized carbons (Fsp3) is 0.235. The van der Waals surface area contributed by atoms with E-state index in [1.165, 1.54) is 0 Å². The van der Waals surface area contributed by atoms with E-state index >= 15 is 0 Å². The smallest absolute Gasteiger partial charge is 0.224 e. The lowest BCUT2D eigenvalue weighted by molar-refractivity contribution is -0.368. The van der Waals surface area contributed by atoms with Crippen molar-refractivity contribution in [1.29, 1.82) is 0 Å². The molecule has 0 aliphatic carbocycles. The minimum atomic E-state index is 0.0246. The lowest BCUT2D eigenvalue weighted by Gasteiger charge is -2.08. The zero-order valence-corrected chi connectivity index (χ0v) is 12.0. The van der Waals surface area contributed by atoms with E-state index in [0.29, 0.717) is 13.0 Å². The van der Waals surface area contributed by atoms with Crippen LogP contribution in [0.15, 0.2) is 54.6 Å². The number of ether oxygens (including phenoxy) is 1. The van der Waals surface area contributed by atoms with E-state index in [-0.39, 0.29) is 5.91 Å². The third-order valence-electron chi connectivity index (χ3n) is 3.04. The van der Waals surface area contributed by atoms with E-state index in [9.17, 15) is 4.79 Å². The van der Waals surface area contributed by atoms with Gasteiger partial charge in [0.1, 0.15) is 12.4 Å². The summed E-state index contributed by atoms with van der Waals surface area (Å²) in [5.41, 5.74) is 5.64. The fourth-order valence-corrected chi connectivity index (χ4v) is 1.88. The molecule has 0 spiro atoms. The van der Waals surface area contributed by atoms with Gasteiger partial charge in [0, 0.05) is 18.5 Å². The zero-order valence-electron chi connectivity index (χ0n) is 12.0. The summed E-state index contributed by atoms with van der Waals surface area (Å²) in [5.74, 6) is 0.811. The highest BCUT2D eigenvalue weighted by molar-refractivity contribution is 5.90. The lowest BCUT2D eigenvalue weighted by atomic mass is 10.2. The van der Waals surface area contributed by atoms with Crippen LogP contribution in [0.2, 0.25) is 0 Å². The molecule has 4 nitrogen and oxygen atoms in total. The van der Waals surface area contributed by atoms with Crippen molar-refractivity contribution in [2.75, 3.05) is 11.9 Å². The van der Waals surface area contributed by atoms with E-state index in [1.54, 1.807) is 0 Å². The van der Waals surface area contributed by atoms with Crippen molar-refractivity contribution in [3.8, 4) is 5.75 Å². The molecule has 2 rings (SSSR count). The van der Waals surface area contributed by atoms with E-state index in [2.05, 4.69) is 11.1 Å². The van der Waals surface area contributed by atoms with Gasteiger partial charge in [0.15, 0.2) is 0 Å². The van der Waals surface area contributed by atoms with Crippen LogP contribution >= 0.6 is 0 Å². The first kappa shape index (κ1) is 15.1. The number of amides is 1. The van der Waals surface area contributed by atoms with E-state index in [4.69, 9.17) is 4.74 Å². The van der Waals surface area contributed by atoms with E-state index in [0.717, 1.165) is 30.0 Å². The van der Waals surface area contributed by atoms with Crippen molar-refractivity contribution >= 4 is 11.6 Å². The van der Waals surface area contributed by atoms with Crippen LogP contribution in [0, 0.1) is 0 Å². The summed E-state index contributed by atoms with van der Waals surface area (Å²) in [7, 11) is 0. The minimum absolute atomic E-state index is 0.0246. The van der Waals surface area contributed by atoms with Crippen LogP contribution < -0.4 is 15.8 Å². The van der Waals surface area contributed by atoms with Gasteiger partial charge in [-0.1, -0.05) is 30.3 Å². The second kappa shape index (κ2) is 8.07. The first-order valence-corrected chi connectivity index (χ1v) is 7.14. The molecule has 0 aliphatic rings. The molecule has 0 atom stereocenters. The monoisotopic (exact) mass is 285 g/mol. The van der Waals surface area contributed by atoms with Crippen molar-refractivity contribution in [2.45, 2.75) is 19.4 Å². The Kier molecular flexibility index (Phi) is 5.79. The number of hydrogen-bond acceptors (Lipinski definition) is 2. The predicted octanol–water partition coefficient (Wildman–Crippen LogP) is 2.23. The van der Waals surface area contributed by atoms with E-state index < -0.39 is 0 Å². The van der Waals surface area contributed by atoms with Gasteiger partial charge in [-0.05, 0) is 29.8 Å². The molecule has 2 aromatic rings. The topological polar surface area (TPSA) is 66.0 Å². The molecule has 0 radical (unpaired) electrons. The van der Waals surface area contributed by atoms with Gasteiger partial charge < -0.3 is 15.8 Å². The second-order valence-electron chi connectivity index (χ2n) is 4.80. The third-order valence-corrected chi connectivity index (χ3v) is 3.04. The Morgan fingerprint density at radius 1 is 1.05 bits per heavy atom. The first-order valence-electron chi connectivity index (χ1n) is 7.14. The quantitative estimate of drug-likeness (QED) is 0.819. The van der Waals surface area contributed by atoms with Gasteiger partial charge >= 0.3 is 0 Å². The van der Waals surface area contributed by atoms with Crippen LogP contribution in [0.5, 0.6) is 5.75 Å². The molecule has 0 saturated heterocycles. The largest absolute Gasteiger partial charge is 0.489 e. The summed E-state index contributed by atoms with van der Waals surface area (Å²) in [6.45, 7) is 1.32. The summed E-state index contributed by atoms with van der Waals surface area (Å²) in [5, 5.41) is 2.86. The number of benzene rings is 2. The Morgan fingerprint density at radius 2 is 1.76 bits per heavy atom. The van der Waals surface area contributed by atoms with Gasteiger partial charge in [-0.15, -0.1) is 0 Å². The minimum Gasteiger partial charge on any atom is -0.489 e. The maximum atomic E-state index is 11.6. The standard InChI is InChI=1S/C17H20N2O2/c18-12-4-7-17(20)19-15-8-10-16(11-9-15)21-13-14-5-2-1-3-6-14/h1-3,5-6,8-11H,4,7,12-13,18H2,(H,19,20)/p+1. The normalized spacial score (nSPS) is 10.1. The number of nitrogens with one attached hydrogen (secondary N) is 1. The Hall–Kier alpha value is -2.33. The summed E-state index contributed by atoms with van der Waals surface area (Å²) < 4.78 is 5.70. The zero-order chi connectivity index (χ0) is 14.9. The summed E-state index contributed by atoms with van der Waals surface area (Å²) in [6, 6.07) is 17.4. The number of rotatable bonds is 7. The van der Waals surface area contributed by atoms with Crippen molar-refractivity contribution < 1.29 is 15.3 Å². The molecule has 2 aromatic carbocycles. The number of hydrogen-bond donors (Lipinski definition) is 2. The SMILES string of the molecule is [NH3+]CCCC(=O)Nc1ccc(OCc2ccccc2)cc1. The Balaban J connectivity index is 1.83. The predicted molar refractivity (Wildman–Crippen MR) is 82.8 cm³/mol. The molecule has 21 heavy (non-hydrogen) atoms. The Bertz CT molecular complexity index is 553. The molecule has 0 heterocycles. The van der Waals surface area contributed by atoms with Crippen LogP contribution in [-0.4, -0.2) is 12.5 Å². The first-order chi connectivity index (χ1) is 10.3. The third kappa shape index (κ3) is 5.28. The van der Waals surface area contributed by atoms with Crippen LogP contribution in [0.25, 0.3) is 0 Å². The highest BCUT2D eigenvalue weighted by Crippen LogP contribution is 2.17. The summed E-state index contributed by atoms with van der Waals surface area (Å²) in [6.07, 6.45) is 1.32. The van der Waals surface area contributed by atoms with Gasteiger partial charge in [0.05, 0.1) is 6.54 Å². The molecule has 0 unspecified atom stereocenters. The lowest BCUT2D eigenvalue weighted by Crippen LogP contribution is -2.50. The van der Waals surface area contributed by atoms with Gasteiger partial charge in [0.2, 0.25) is 5.91 Å². The van der Waals surface area contributed by atoms with Gasteiger partial charge in [-0.2, -0.15) is 0 Å². The van der Waals surface area contributed by atoms with E-state index in [1.807, 2.05) is 54.6 Å². The van der Waals surface area contributed by atoms with Gasteiger partial charge in [0.25, 0.3) is 0 Å². The molecule has 110 valence electrons. The van der Waals surface area contributed by atoms with Crippen LogP contribution in [-0.2, 0) is 11.4 Å². The van der Waals surface area contributed by atoms with Crippen LogP contribution in [0.3, 0.4) is 0 Å². The average molecular weight is 285 g/mol. The molecule has 0 saturated carbocycles. The molecule has 4 N–H and O–H groups in total. The molecular formula is C17H21N2O2+.